The molecule has 3 saturated heterocycles. The predicted octanol–water partition coefficient (Wildman–Crippen LogP) is 5.02. The zero-order chi connectivity index (χ0) is 36.6. The van der Waals surface area contributed by atoms with E-state index in [2.05, 4.69) is 48.3 Å². The second-order valence-electron chi connectivity index (χ2n) is 15.8. The van der Waals surface area contributed by atoms with Gasteiger partial charge in [-0.15, -0.1) is 0 Å². The molecule has 2 aromatic carbocycles. The van der Waals surface area contributed by atoms with E-state index in [1.807, 2.05) is 32.9 Å². The average Bonchev–Trinajstić information content (AvgIpc) is 3.15. The number of rotatable bonds is 13. The summed E-state index contributed by atoms with van der Waals surface area (Å²) in [6.45, 7) is 10.5. The van der Waals surface area contributed by atoms with Crippen molar-refractivity contribution in [1.82, 2.24) is 19.6 Å². The number of amides is 3. The molecule has 10 heteroatoms. The van der Waals surface area contributed by atoms with Crippen LogP contribution in [0.1, 0.15) is 80.5 Å². The van der Waals surface area contributed by atoms with Gasteiger partial charge in [0.2, 0.25) is 17.7 Å². The Morgan fingerprint density at radius 3 is 2.29 bits per heavy atom. The molecule has 0 aromatic heterocycles. The van der Waals surface area contributed by atoms with Crippen LogP contribution in [0.5, 0.6) is 0 Å². The first kappa shape index (κ1) is 38.0. The van der Waals surface area contributed by atoms with E-state index in [-0.39, 0.29) is 36.6 Å². The van der Waals surface area contributed by atoms with E-state index < -0.39 is 11.9 Å². The molecule has 52 heavy (non-hydrogen) atoms. The Kier molecular flexibility index (Phi) is 13.0. The number of carboxylic acid groups (broad SMARTS) is 1. The van der Waals surface area contributed by atoms with Gasteiger partial charge in [-0.1, -0.05) is 49.7 Å². The molecule has 3 fully saturated rings. The highest BCUT2D eigenvalue weighted by atomic mass is 16.4. The minimum Gasteiger partial charge on any atom is -0.480 e. The van der Waals surface area contributed by atoms with Crippen molar-refractivity contribution < 1.29 is 24.3 Å². The minimum absolute atomic E-state index is 0.0000987. The molecule has 0 radical (unpaired) electrons. The number of carbonyl (C=O) groups is 4. The van der Waals surface area contributed by atoms with E-state index in [0.29, 0.717) is 44.6 Å². The molecule has 0 bridgehead atoms. The zero-order valence-electron chi connectivity index (χ0n) is 31.4. The predicted molar refractivity (Wildman–Crippen MR) is 203 cm³/mol. The van der Waals surface area contributed by atoms with Crippen LogP contribution in [0.3, 0.4) is 0 Å². The fourth-order valence-electron chi connectivity index (χ4n) is 9.05. The Labute approximate surface area is 309 Å². The first-order valence-electron chi connectivity index (χ1n) is 19.9. The number of carbonyl (C=O) groups excluding carboxylic acids is 3. The molecule has 6 rings (SSSR count). The van der Waals surface area contributed by atoms with Crippen molar-refractivity contribution >= 4 is 29.4 Å². The lowest BCUT2D eigenvalue weighted by Gasteiger charge is -2.43. The number of para-hydroxylation sites is 1. The Morgan fingerprint density at radius 2 is 1.60 bits per heavy atom. The normalized spacial score (nSPS) is 21.4. The highest BCUT2D eigenvalue weighted by molar-refractivity contribution is 5.95. The van der Waals surface area contributed by atoms with Crippen molar-refractivity contribution in [2.75, 3.05) is 64.2 Å². The van der Waals surface area contributed by atoms with Gasteiger partial charge in [0.1, 0.15) is 0 Å². The highest BCUT2D eigenvalue weighted by Crippen LogP contribution is 2.31. The lowest BCUT2D eigenvalue weighted by molar-refractivity contribution is -0.143. The lowest BCUT2D eigenvalue weighted by Crippen LogP contribution is -2.54. The number of piperidine rings is 2. The van der Waals surface area contributed by atoms with Crippen molar-refractivity contribution in [2.24, 2.45) is 17.8 Å². The molecule has 3 amide bonds. The number of piperazine rings is 1. The second kappa shape index (κ2) is 17.8. The third-order valence-corrected chi connectivity index (χ3v) is 12.2. The van der Waals surface area contributed by atoms with Crippen molar-refractivity contribution in [3.8, 4) is 0 Å². The fraction of sp³-hybridized carbons (Fsp3) is 0.619. The maximum absolute atomic E-state index is 14.2. The van der Waals surface area contributed by atoms with Crippen LogP contribution in [0, 0.1) is 24.7 Å². The maximum atomic E-state index is 14.2. The Bertz CT molecular complexity index is 1560. The van der Waals surface area contributed by atoms with Crippen LogP contribution in [0.2, 0.25) is 0 Å². The molecular weight excluding hydrogens is 654 g/mol. The summed E-state index contributed by atoms with van der Waals surface area (Å²) in [7, 11) is 0. The molecule has 4 aliphatic rings. The van der Waals surface area contributed by atoms with Gasteiger partial charge in [0.25, 0.3) is 0 Å². The molecule has 282 valence electrons. The molecule has 2 aromatic rings. The van der Waals surface area contributed by atoms with Gasteiger partial charge in [-0.25, -0.2) is 0 Å². The molecule has 4 heterocycles. The zero-order valence-corrected chi connectivity index (χ0v) is 31.4. The Hall–Kier alpha value is -3.76. The summed E-state index contributed by atoms with van der Waals surface area (Å²) in [5, 5.41) is 12.2. The SMILES string of the molecule is CCCc1ccc(CC(CC(=O)N2CCC(CC[C@@H]3Cc4ccccc4NC3=O)CC2)C(=O)N2CCC(N3CCN(CC(=O)O)CC3)CC2)cc1C. The Morgan fingerprint density at radius 1 is 0.885 bits per heavy atom. The molecule has 2 atom stereocenters. The number of benzene rings is 2. The number of aryl methyl sites for hydroxylation is 2. The van der Waals surface area contributed by atoms with E-state index in [9.17, 15) is 19.2 Å². The molecule has 0 saturated carbocycles. The number of anilines is 1. The molecule has 1 unspecified atom stereocenters. The summed E-state index contributed by atoms with van der Waals surface area (Å²) in [6.07, 6.45) is 9.24. The number of nitrogens with zero attached hydrogens (tertiary/aromatic N) is 4. The molecular formula is C42H59N5O5. The van der Waals surface area contributed by atoms with Crippen molar-refractivity contribution in [3.63, 3.8) is 0 Å². The van der Waals surface area contributed by atoms with Crippen LogP contribution in [0.4, 0.5) is 5.69 Å². The topological polar surface area (TPSA) is 113 Å². The van der Waals surface area contributed by atoms with Gasteiger partial charge in [0, 0.05) is 76.4 Å². The van der Waals surface area contributed by atoms with Gasteiger partial charge in [0.05, 0.1) is 12.5 Å². The van der Waals surface area contributed by atoms with Crippen molar-refractivity contribution in [3.05, 3.63) is 64.7 Å². The summed E-state index contributed by atoms with van der Waals surface area (Å²) < 4.78 is 0. The van der Waals surface area contributed by atoms with Crippen molar-refractivity contribution in [1.29, 1.82) is 0 Å². The molecule has 10 nitrogen and oxygen atoms in total. The maximum Gasteiger partial charge on any atom is 0.317 e. The largest absolute Gasteiger partial charge is 0.480 e. The van der Waals surface area contributed by atoms with Gasteiger partial charge < -0.3 is 20.2 Å². The summed E-state index contributed by atoms with van der Waals surface area (Å²) in [5.74, 6) is -0.386. The van der Waals surface area contributed by atoms with Crippen LogP contribution >= 0.6 is 0 Å². The number of fused-ring (bicyclic) bond motifs is 1. The first-order valence-corrected chi connectivity index (χ1v) is 19.9. The van der Waals surface area contributed by atoms with E-state index in [1.165, 1.54) is 16.7 Å². The fourth-order valence-corrected chi connectivity index (χ4v) is 9.05. The number of hydrogen-bond donors (Lipinski definition) is 2. The second-order valence-corrected chi connectivity index (χ2v) is 15.8. The molecule has 4 aliphatic heterocycles. The van der Waals surface area contributed by atoms with Gasteiger partial charge in [-0.3, -0.25) is 29.0 Å². The van der Waals surface area contributed by atoms with Gasteiger partial charge in [-0.2, -0.15) is 0 Å². The number of hydrogen-bond acceptors (Lipinski definition) is 6. The summed E-state index contributed by atoms with van der Waals surface area (Å²) >= 11 is 0. The summed E-state index contributed by atoms with van der Waals surface area (Å²) in [5.41, 5.74) is 5.85. The van der Waals surface area contributed by atoms with Gasteiger partial charge >= 0.3 is 5.97 Å². The number of aliphatic carboxylic acids is 1. The smallest absolute Gasteiger partial charge is 0.317 e. The lowest BCUT2D eigenvalue weighted by atomic mass is 9.84. The number of carboxylic acids is 1. The molecule has 0 spiro atoms. The summed E-state index contributed by atoms with van der Waals surface area (Å²) in [4.78, 5) is 60.4. The molecule has 0 aliphatic carbocycles. The first-order chi connectivity index (χ1) is 25.2. The standard InChI is InChI=1S/C42H59N5O5/c1-3-6-33-11-10-32(25-30(33)2)26-36(42(52)47-19-15-37(16-20-47)45-23-21-44(22-24-45)29-40(49)50)28-39(48)46-17-13-31(14-18-46)9-12-35-27-34-7-4-5-8-38(34)43-41(35)51/h4-5,7-8,10-11,25,31,35-37H,3,6,9,12-24,26-29H2,1-2H3,(H,43,51)(H,49,50)/t35-,36?/m1/s1. The number of nitrogens with one attached hydrogen (secondary N) is 1. The van der Waals surface area contributed by atoms with E-state index in [0.717, 1.165) is 95.2 Å². The highest BCUT2D eigenvalue weighted by Gasteiger charge is 2.35. The van der Waals surface area contributed by atoms with E-state index >= 15 is 0 Å². The van der Waals surface area contributed by atoms with E-state index in [1.54, 1.807) is 0 Å². The Balaban J connectivity index is 1.02. The van der Waals surface area contributed by atoms with Gasteiger partial charge in [-0.05, 0) is 98.9 Å². The van der Waals surface area contributed by atoms with Crippen LogP contribution < -0.4 is 5.32 Å². The van der Waals surface area contributed by atoms with Crippen molar-refractivity contribution in [2.45, 2.75) is 90.5 Å². The van der Waals surface area contributed by atoms with Crippen LogP contribution in [-0.2, 0) is 38.4 Å². The third kappa shape index (κ3) is 9.81. The van der Waals surface area contributed by atoms with Crippen LogP contribution in [-0.4, -0.2) is 113 Å². The van der Waals surface area contributed by atoms with E-state index in [4.69, 9.17) is 5.11 Å². The molecule has 2 N–H and O–H groups in total. The summed E-state index contributed by atoms with van der Waals surface area (Å²) in [6, 6.07) is 15.0. The quantitative estimate of drug-likeness (QED) is 0.300. The average molecular weight is 714 g/mol. The number of likely N-dealkylation sites (tertiary alicyclic amines) is 2. The van der Waals surface area contributed by atoms with Gasteiger partial charge in [0.15, 0.2) is 0 Å². The monoisotopic (exact) mass is 713 g/mol. The third-order valence-electron chi connectivity index (χ3n) is 12.2. The van der Waals surface area contributed by atoms with Crippen LogP contribution in [0.25, 0.3) is 0 Å². The van der Waals surface area contributed by atoms with Crippen LogP contribution in [0.15, 0.2) is 42.5 Å². The minimum atomic E-state index is -0.779.